The van der Waals surface area contributed by atoms with Crippen molar-refractivity contribution in [3.8, 4) is 22.5 Å². The van der Waals surface area contributed by atoms with Crippen LogP contribution in [-0.4, -0.2) is 16.0 Å². The summed E-state index contributed by atoms with van der Waals surface area (Å²) in [5, 5.41) is 10.9. The minimum absolute atomic E-state index is 0.0417. The maximum Gasteiger partial charge on any atom is 0.227 e. The monoisotopic (exact) mass is 403 g/mol. The summed E-state index contributed by atoms with van der Waals surface area (Å²) in [6.45, 7) is 1.98. The van der Waals surface area contributed by atoms with Crippen molar-refractivity contribution < 1.29 is 9.32 Å². The Labute approximate surface area is 173 Å². The van der Waals surface area contributed by atoms with Gasteiger partial charge in [-0.3, -0.25) is 4.79 Å². The zero-order valence-corrected chi connectivity index (χ0v) is 16.9. The van der Waals surface area contributed by atoms with Crippen molar-refractivity contribution in [3.05, 3.63) is 82.9 Å². The van der Waals surface area contributed by atoms with Gasteiger partial charge in [-0.2, -0.15) is 16.3 Å². The van der Waals surface area contributed by atoms with E-state index < -0.39 is 0 Å². The third kappa shape index (κ3) is 4.78. The molecule has 2 aromatic heterocycles. The summed E-state index contributed by atoms with van der Waals surface area (Å²) in [6, 6.07) is 20.4. The van der Waals surface area contributed by atoms with Crippen LogP contribution in [-0.2, 0) is 11.2 Å². The maximum atomic E-state index is 12.3. The van der Waals surface area contributed by atoms with Crippen molar-refractivity contribution in [1.82, 2.24) is 15.5 Å². The van der Waals surface area contributed by atoms with Gasteiger partial charge in [-0.1, -0.05) is 59.8 Å². The normalized spacial score (nSPS) is 11.9. The second kappa shape index (κ2) is 8.84. The molecule has 0 spiro atoms. The van der Waals surface area contributed by atoms with Crippen LogP contribution in [0.5, 0.6) is 0 Å². The van der Waals surface area contributed by atoms with Crippen LogP contribution in [0.15, 0.2) is 75.9 Å². The van der Waals surface area contributed by atoms with Gasteiger partial charge in [0.15, 0.2) is 0 Å². The van der Waals surface area contributed by atoms with Crippen LogP contribution in [0.1, 0.15) is 30.8 Å². The summed E-state index contributed by atoms with van der Waals surface area (Å²) in [7, 11) is 0. The Hall–Kier alpha value is -3.25. The number of amides is 1. The number of carbonyl (C=O) groups excluding carboxylic acids is 1. The smallest absolute Gasteiger partial charge is 0.227 e. The molecule has 0 bridgehead atoms. The molecule has 6 heteroatoms. The van der Waals surface area contributed by atoms with Gasteiger partial charge in [0.1, 0.15) is 0 Å². The SMILES string of the molecule is C[C@@H](NC(=O)CCc1nc(-c2ccsc2)no1)c1ccc(-c2ccccc2)cc1. The Bertz CT molecular complexity index is 1060. The van der Waals surface area contributed by atoms with Gasteiger partial charge in [0, 0.05) is 23.8 Å². The molecule has 0 aliphatic carbocycles. The predicted molar refractivity (Wildman–Crippen MR) is 114 cm³/mol. The molecule has 5 nitrogen and oxygen atoms in total. The molecule has 1 N–H and O–H groups in total. The topological polar surface area (TPSA) is 68.0 Å². The number of hydrogen-bond donors (Lipinski definition) is 1. The van der Waals surface area contributed by atoms with Crippen LogP contribution in [0.4, 0.5) is 0 Å². The first kappa shape index (κ1) is 19.1. The molecule has 4 aromatic rings. The van der Waals surface area contributed by atoms with Crippen molar-refractivity contribution in [2.45, 2.75) is 25.8 Å². The van der Waals surface area contributed by atoms with E-state index in [9.17, 15) is 4.79 Å². The number of benzene rings is 2. The molecule has 0 saturated heterocycles. The first-order valence-electron chi connectivity index (χ1n) is 9.49. The van der Waals surface area contributed by atoms with Gasteiger partial charge in [0.25, 0.3) is 0 Å². The maximum absolute atomic E-state index is 12.3. The zero-order valence-electron chi connectivity index (χ0n) is 16.0. The molecule has 29 heavy (non-hydrogen) atoms. The van der Waals surface area contributed by atoms with E-state index in [0.29, 0.717) is 24.6 Å². The largest absolute Gasteiger partial charge is 0.350 e. The lowest BCUT2D eigenvalue weighted by atomic mass is 10.0. The summed E-state index contributed by atoms with van der Waals surface area (Å²) in [4.78, 5) is 16.7. The molecule has 0 aliphatic rings. The standard InChI is InChI=1S/C23H21N3O2S/c1-16(17-7-9-19(10-8-17)18-5-3-2-4-6-18)24-21(27)11-12-22-25-23(26-28-22)20-13-14-29-15-20/h2-10,13-16H,11-12H2,1H3,(H,24,27)/t16-/m1/s1. The Morgan fingerprint density at radius 3 is 2.52 bits per heavy atom. The Balaban J connectivity index is 1.30. The minimum Gasteiger partial charge on any atom is -0.350 e. The molecule has 146 valence electrons. The summed E-state index contributed by atoms with van der Waals surface area (Å²) >= 11 is 1.58. The van der Waals surface area contributed by atoms with Gasteiger partial charge in [-0.15, -0.1) is 0 Å². The summed E-state index contributed by atoms with van der Waals surface area (Å²) in [5.41, 5.74) is 4.33. The number of rotatable bonds is 7. The molecule has 0 fully saturated rings. The van der Waals surface area contributed by atoms with Gasteiger partial charge in [0.05, 0.1) is 6.04 Å². The van der Waals surface area contributed by atoms with Crippen molar-refractivity contribution >= 4 is 17.2 Å². The molecule has 4 rings (SSSR count). The summed E-state index contributed by atoms with van der Waals surface area (Å²) in [5.74, 6) is 0.995. The van der Waals surface area contributed by atoms with Crippen LogP contribution in [0, 0.1) is 0 Å². The quantitative estimate of drug-likeness (QED) is 0.456. The van der Waals surface area contributed by atoms with E-state index in [4.69, 9.17) is 4.52 Å². The molecule has 1 atom stereocenters. The fourth-order valence-corrected chi connectivity index (χ4v) is 3.71. The second-order valence-electron chi connectivity index (χ2n) is 6.80. The first-order valence-corrected chi connectivity index (χ1v) is 10.4. The van der Waals surface area contributed by atoms with Crippen LogP contribution >= 0.6 is 11.3 Å². The third-order valence-electron chi connectivity index (χ3n) is 4.71. The number of nitrogens with one attached hydrogen (secondary N) is 1. The summed E-state index contributed by atoms with van der Waals surface area (Å²) < 4.78 is 5.25. The fourth-order valence-electron chi connectivity index (χ4n) is 3.08. The van der Waals surface area contributed by atoms with E-state index >= 15 is 0 Å². The number of aryl methyl sites for hydroxylation is 1. The molecule has 0 radical (unpaired) electrons. The van der Waals surface area contributed by atoms with Crippen molar-refractivity contribution in [2.24, 2.45) is 0 Å². The lowest BCUT2D eigenvalue weighted by Gasteiger charge is -2.14. The fraction of sp³-hybridized carbons (Fsp3) is 0.174. The van der Waals surface area contributed by atoms with E-state index in [1.54, 1.807) is 11.3 Å². The number of nitrogens with zero attached hydrogens (tertiary/aromatic N) is 2. The van der Waals surface area contributed by atoms with Gasteiger partial charge in [-0.05, 0) is 35.1 Å². The van der Waals surface area contributed by atoms with Gasteiger partial charge < -0.3 is 9.84 Å². The lowest BCUT2D eigenvalue weighted by molar-refractivity contribution is -0.121. The second-order valence-corrected chi connectivity index (χ2v) is 7.58. The molecular weight excluding hydrogens is 382 g/mol. The van der Waals surface area contributed by atoms with Gasteiger partial charge in [-0.25, -0.2) is 0 Å². The molecule has 2 aromatic carbocycles. The van der Waals surface area contributed by atoms with Crippen molar-refractivity contribution in [3.63, 3.8) is 0 Å². The Kier molecular flexibility index (Phi) is 5.81. The highest BCUT2D eigenvalue weighted by Gasteiger charge is 2.13. The number of hydrogen-bond acceptors (Lipinski definition) is 5. The van der Waals surface area contributed by atoms with Gasteiger partial charge in [0.2, 0.25) is 17.6 Å². The molecule has 0 saturated carbocycles. The Morgan fingerprint density at radius 2 is 1.79 bits per heavy atom. The number of carbonyl (C=O) groups is 1. The van der Waals surface area contributed by atoms with E-state index in [0.717, 1.165) is 16.7 Å². The predicted octanol–water partition coefficient (Wildman–Crippen LogP) is 5.28. The molecular formula is C23H21N3O2S. The molecule has 0 unspecified atom stereocenters. The van der Waals surface area contributed by atoms with Crippen LogP contribution in [0.25, 0.3) is 22.5 Å². The lowest BCUT2D eigenvalue weighted by Crippen LogP contribution is -2.26. The highest BCUT2D eigenvalue weighted by Crippen LogP contribution is 2.22. The zero-order chi connectivity index (χ0) is 20.1. The number of thiophene rings is 1. The molecule has 0 aliphatic heterocycles. The van der Waals surface area contributed by atoms with Gasteiger partial charge >= 0.3 is 0 Å². The molecule has 1 amide bonds. The van der Waals surface area contributed by atoms with E-state index in [1.807, 2.05) is 41.9 Å². The molecule has 2 heterocycles. The van der Waals surface area contributed by atoms with E-state index in [2.05, 4.69) is 51.9 Å². The average molecular weight is 404 g/mol. The van der Waals surface area contributed by atoms with E-state index in [-0.39, 0.29) is 11.9 Å². The highest BCUT2D eigenvalue weighted by molar-refractivity contribution is 7.08. The van der Waals surface area contributed by atoms with Crippen LogP contribution in [0.2, 0.25) is 0 Å². The Morgan fingerprint density at radius 1 is 1.03 bits per heavy atom. The minimum atomic E-state index is -0.0728. The third-order valence-corrected chi connectivity index (χ3v) is 5.39. The van der Waals surface area contributed by atoms with Crippen molar-refractivity contribution in [1.29, 1.82) is 0 Å². The van der Waals surface area contributed by atoms with Crippen molar-refractivity contribution in [2.75, 3.05) is 0 Å². The average Bonchev–Trinajstić information content (AvgIpc) is 3.45. The number of aromatic nitrogens is 2. The summed E-state index contributed by atoms with van der Waals surface area (Å²) in [6.07, 6.45) is 0.723. The van der Waals surface area contributed by atoms with Crippen LogP contribution < -0.4 is 5.32 Å². The highest BCUT2D eigenvalue weighted by atomic mass is 32.1. The van der Waals surface area contributed by atoms with Crippen LogP contribution in [0.3, 0.4) is 0 Å². The van der Waals surface area contributed by atoms with E-state index in [1.165, 1.54) is 5.56 Å². The first-order chi connectivity index (χ1) is 14.2.